The molecule has 5 nitrogen and oxygen atoms in total. The SMILES string of the molecule is O=c1[nH]c(N2CCCCCC2)nc2c1CCCN2. The second kappa shape index (κ2) is 5.00. The highest BCUT2D eigenvalue weighted by atomic mass is 16.1. The summed E-state index contributed by atoms with van der Waals surface area (Å²) < 4.78 is 0. The highest BCUT2D eigenvalue weighted by Crippen LogP contribution is 2.20. The van der Waals surface area contributed by atoms with Gasteiger partial charge in [0.1, 0.15) is 5.82 Å². The van der Waals surface area contributed by atoms with E-state index in [0.29, 0.717) is 0 Å². The van der Waals surface area contributed by atoms with Crippen molar-refractivity contribution in [3.8, 4) is 0 Å². The molecule has 0 aromatic carbocycles. The van der Waals surface area contributed by atoms with Gasteiger partial charge in [0.15, 0.2) is 0 Å². The molecule has 0 amide bonds. The van der Waals surface area contributed by atoms with Crippen molar-refractivity contribution in [1.29, 1.82) is 0 Å². The second-order valence-electron chi connectivity index (χ2n) is 5.15. The van der Waals surface area contributed by atoms with E-state index in [0.717, 1.165) is 49.8 Å². The Kier molecular flexibility index (Phi) is 3.21. The third kappa shape index (κ3) is 2.21. The van der Waals surface area contributed by atoms with Crippen LogP contribution in [0, 0.1) is 0 Å². The van der Waals surface area contributed by atoms with Crippen LogP contribution in [0.1, 0.15) is 37.7 Å². The number of hydrogen-bond acceptors (Lipinski definition) is 4. The Hall–Kier alpha value is -1.52. The van der Waals surface area contributed by atoms with Gasteiger partial charge in [0.2, 0.25) is 5.95 Å². The van der Waals surface area contributed by atoms with E-state index in [2.05, 4.69) is 20.2 Å². The van der Waals surface area contributed by atoms with Crippen LogP contribution in [-0.4, -0.2) is 29.6 Å². The number of hydrogen-bond donors (Lipinski definition) is 2. The first-order chi connectivity index (χ1) is 8.84. The third-order valence-corrected chi connectivity index (χ3v) is 3.80. The number of fused-ring (bicyclic) bond motifs is 1. The Morgan fingerprint density at radius 3 is 2.61 bits per heavy atom. The zero-order valence-electron chi connectivity index (χ0n) is 10.7. The Bertz CT molecular complexity index is 474. The lowest BCUT2D eigenvalue weighted by Gasteiger charge is -2.23. The monoisotopic (exact) mass is 248 g/mol. The fourth-order valence-electron chi connectivity index (χ4n) is 2.77. The molecule has 1 saturated heterocycles. The van der Waals surface area contributed by atoms with Crippen LogP contribution in [0.4, 0.5) is 11.8 Å². The third-order valence-electron chi connectivity index (χ3n) is 3.80. The summed E-state index contributed by atoms with van der Waals surface area (Å²) in [5, 5.41) is 3.24. The van der Waals surface area contributed by atoms with Crippen LogP contribution in [0.25, 0.3) is 0 Å². The molecule has 3 heterocycles. The summed E-state index contributed by atoms with van der Waals surface area (Å²) in [6.45, 7) is 2.92. The number of rotatable bonds is 1. The van der Waals surface area contributed by atoms with E-state index in [1.54, 1.807) is 0 Å². The topological polar surface area (TPSA) is 61.0 Å². The van der Waals surface area contributed by atoms with Crippen molar-refractivity contribution in [3.63, 3.8) is 0 Å². The number of nitrogens with zero attached hydrogens (tertiary/aromatic N) is 2. The molecule has 0 atom stereocenters. The molecule has 0 radical (unpaired) electrons. The Morgan fingerprint density at radius 2 is 1.83 bits per heavy atom. The normalized spacial score (nSPS) is 19.9. The number of aromatic nitrogens is 2. The average molecular weight is 248 g/mol. The average Bonchev–Trinajstić information content (AvgIpc) is 2.67. The Balaban J connectivity index is 1.92. The first kappa shape index (κ1) is 11.6. The Morgan fingerprint density at radius 1 is 1.06 bits per heavy atom. The van der Waals surface area contributed by atoms with Gasteiger partial charge < -0.3 is 10.2 Å². The van der Waals surface area contributed by atoms with Gasteiger partial charge in [0, 0.05) is 19.6 Å². The van der Waals surface area contributed by atoms with Crippen LogP contribution in [0.5, 0.6) is 0 Å². The summed E-state index contributed by atoms with van der Waals surface area (Å²) in [5.74, 6) is 1.54. The molecule has 0 unspecified atom stereocenters. The van der Waals surface area contributed by atoms with Crippen molar-refractivity contribution in [1.82, 2.24) is 9.97 Å². The zero-order valence-corrected chi connectivity index (χ0v) is 10.7. The minimum absolute atomic E-state index is 0.0337. The number of aromatic amines is 1. The summed E-state index contributed by atoms with van der Waals surface area (Å²) in [4.78, 5) is 21.8. The Labute approximate surface area is 107 Å². The molecule has 1 aromatic rings. The van der Waals surface area contributed by atoms with E-state index in [-0.39, 0.29) is 5.56 Å². The maximum atomic E-state index is 12.1. The van der Waals surface area contributed by atoms with Crippen LogP contribution in [0.15, 0.2) is 4.79 Å². The smallest absolute Gasteiger partial charge is 0.257 e. The van der Waals surface area contributed by atoms with Crippen LogP contribution in [-0.2, 0) is 6.42 Å². The summed E-state index contributed by atoms with van der Waals surface area (Å²) in [7, 11) is 0. The van der Waals surface area contributed by atoms with Gasteiger partial charge in [-0.2, -0.15) is 4.98 Å². The van der Waals surface area contributed by atoms with Gasteiger partial charge in [-0.1, -0.05) is 12.8 Å². The first-order valence-corrected chi connectivity index (χ1v) is 6.96. The van der Waals surface area contributed by atoms with Crippen LogP contribution in [0.3, 0.4) is 0 Å². The molecule has 5 heteroatoms. The van der Waals surface area contributed by atoms with E-state index in [1.165, 1.54) is 25.7 Å². The fourth-order valence-corrected chi connectivity index (χ4v) is 2.77. The standard InChI is InChI=1S/C13H20N4O/c18-12-10-6-5-7-14-11(10)15-13(16-12)17-8-3-1-2-4-9-17/h1-9H2,(H2,14,15,16,18). The summed E-state index contributed by atoms with van der Waals surface area (Å²) in [6, 6.07) is 0. The van der Waals surface area contributed by atoms with Gasteiger partial charge in [0.05, 0.1) is 5.56 Å². The van der Waals surface area contributed by atoms with Crippen molar-refractivity contribution >= 4 is 11.8 Å². The quantitative estimate of drug-likeness (QED) is 0.791. The highest BCUT2D eigenvalue weighted by Gasteiger charge is 2.18. The van der Waals surface area contributed by atoms with E-state index in [4.69, 9.17) is 0 Å². The highest BCUT2D eigenvalue weighted by molar-refractivity contribution is 5.49. The lowest BCUT2D eigenvalue weighted by Crippen LogP contribution is -2.31. The molecule has 98 valence electrons. The minimum Gasteiger partial charge on any atom is -0.370 e. The molecule has 3 rings (SSSR count). The van der Waals surface area contributed by atoms with E-state index in [1.807, 2.05) is 0 Å². The predicted molar refractivity (Wildman–Crippen MR) is 72.3 cm³/mol. The summed E-state index contributed by atoms with van der Waals surface area (Å²) >= 11 is 0. The van der Waals surface area contributed by atoms with Crippen molar-refractivity contribution in [2.75, 3.05) is 29.9 Å². The number of nitrogens with one attached hydrogen (secondary N) is 2. The molecule has 18 heavy (non-hydrogen) atoms. The molecule has 2 N–H and O–H groups in total. The van der Waals surface area contributed by atoms with Gasteiger partial charge in [-0.05, 0) is 25.7 Å². The van der Waals surface area contributed by atoms with Crippen molar-refractivity contribution < 1.29 is 0 Å². The van der Waals surface area contributed by atoms with E-state index >= 15 is 0 Å². The molecule has 0 aliphatic carbocycles. The van der Waals surface area contributed by atoms with Gasteiger partial charge in [0.25, 0.3) is 5.56 Å². The lowest BCUT2D eigenvalue weighted by atomic mass is 10.1. The van der Waals surface area contributed by atoms with Gasteiger partial charge in [-0.15, -0.1) is 0 Å². The summed E-state index contributed by atoms with van der Waals surface area (Å²) in [5.41, 5.74) is 0.853. The molecule has 2 aliphatic heterocycles. The molecule has 0 bridgehead atoms. The molecular formula is C13H20N4O. The predicted octanol–water partition coefficient (Wildman–Crippen LogP) is 1.51. The molecule has 1 fully saturated rings. The van der Waals surface area contributed by atoms with Crippen molar-refractivity contribution in [3.05, 3.63) is 15.9 Å². The molecule has 0 spiro atoms. The van der Waals surface area contributed by atoms with E-state index in [9.17, 15) is 4.79 Å². The largest absolute Gasteiger partial charge is 0.370 e. The molecular weight excluding hydrogens is 228 g/mol. The van der Waals surface area contributed by atoms with Crippen LogP contribution in [0.2, 0.25) is 0 Å². The maximum Gasteiger partial charge on any atom is 0.257 e. The zero-order chi connectivity index (χ0) is 12.4. The van der Waals surface area contributed by atoms with Gasteiger partial charge in [-0.3, -0.25) is 9.78 Å². The van der Waals surface area contributed by atoms with Gasteiger partial charge in [-0.25, -0.2) is 0 Å². The van der Waals surface area contributed by atoms with Crippen LogP contribution >= 0.6 is 0 Å². The minimum atomic E-state index is 0.0337. The van der Waals surface area contributed by atoms with Crippen molar-refractivity contribution in [2.24, 2.45) is 0 Å². The van der Waals surface area contributed by atoms with Gasteiger partial charge >= 0.3 is 0 Å². The number of H-pyrrole nitrogens is 1. The molecule has 0 saturated carbocycles. The first-order valence-electron chi connectivity index (χ1n) is 6.96. The van der Waals surface area contributed by atoms with Crippen molar-refractivity contribution in [2.45, 2.75) is 38.5 Å². The van der Waals surface area contributed by atoms with Crippen LogP contribution < -0.4 is 15.8 Å². The van der Waals surface area contributed by atoms with E-state index < -0.39 is 0 Å². The number of anilines is 2. The second-order valence-corrected chi connectivity index (χ2v) is 5.15. The maximum absolute atomic E-state index is 12.1. The summed E-state index contributed by atoms with van der Waals surface area (Å²) in [6.07, 6.45) is 6.79. The molecule has 2 aliphatic rings. The fraction of sp³-hybridized carbons (Fsp3) is 0.692. The lowest BCUT2D eigenvalue weighted by molar-refractivity contribution is 0.726. The molecule has 1 aromatic heterocycles.